The van der Waals surface area contributed by atoms with Gasteiger partial charge in [-0.15, -0.1) is 0 Å². The molecule has 0 radical (unpaired) electrons. The van der Waals surface area contributed by atoms with E-state index < -0.39 is 0 Å². The normalized spacial score (nSPS) is 17.6. The number of hydrogen-bond acceptors (Lipinski definition) is 1. The van der Waals surface area contributed by atoms with Crippen molar-refractivity contribution in [2.24, 2.45) is 12.8 Å². The lowest BCUT2D eigenvalue weighted by Crippen LogP contribution is -2.21. The van der Waals surface area contributed by atoms with Crippen LogP contribution in [0.4, 0.5) is 0 Å². The van der Waals surface area contributed by atoms with Crippen molar-refractivity contribution >= 4 is 26.8 Å². The Labute approximate surface area is 110 Å². The number of nitrogens with zero attached hydrogens (tertiary/aromatic N) is 1. The summed E-state index contributed by atoms with van der Waals surface area (Å²) in [5, 5.41) is 1.35. The van der Waals surface area contributed by atoms with Crippen LogP contribution < -0.4 is 5.73 Å². The van der Waals surface area contributed by atoms with Crippen LogP contribution in [0.2, 0.25) is 0 Å². The van der Waals surface area contributed by atoms with Crippen LogP contribution in [0, 0.1) is 0 Å². The van der Waals surface area contributed by atoms with Gasteiger partial charge in [-0.3, -0.25) is 0 Å². The first-order chi connectivity index (χ1) is 8.07. The second kappa shape index (κ2) is 3.85. The van der Waals surface area contributed by atoms with Gasteiger partial charge >= 0.3 is 0 Å². The molecule has 3 rings (SSSR count). The SMILES string of the molecule is Cn1cc(CCC2(N)CC2)c2cc(Br)ccc21. The summed E-state index contributed by atoms with van der Waals surface area (Å²) < 4.78 is 3.35. The lowest BCUT2D eigenvalue weighted by atomic mass is 10.0. The van der Waals surface area contributed by atoms with E-state index in [1.165, 1.54) is 29.3 Å². The molecule has 0 amide bonds. The first-order valence-electron chi connectivity index (χ1n) is 6.10. The van der Waals surface area contributed by atoms with Crippen molar-refractivity contribution in [3.05, 3.63) is 34.4 Å². The number of aromatic nitrogens is 1. The lowest BCUT2D eigenvalue weighted by molar-refractivity contribution is 0.610. The molecular weight excluding hydrogens is 276 g/mol. The molecule has 0 spiro atoms. The summed E-state index contributed by atoms with van der Waals surface area (Å²) in [5.74, 6) is 0. The van der Waals surface area contributed by atoms with Gasteiger partial charge in [-0.1, -0.05) is 15.9 Å². The van der Waals surface area contributed by atoms with Gasteiger partial charge in [0.2, 0.25) is 0 Å². The molecular formula is C14H17BrN2. The van der Waals surface area contributed by atoms with E-state index in [0.717, 1.165) is 17.3 Å². The van der Waals surface area contributed by atoms with E-state index in [9.17, 15) is 0 Å². The van der Waals surface area contributed by atoms with Gasteiger partial charge in [0, 0.05) is 34.2 Å². The molecule has 0 atom stereocenters. The highest BCUT2D eigenvalue weighted by Crippen LogP contribution is 2.37. The zero-order valence-corrected chi connectivity index (χ0v) is 11.6. The first kappa shape index (κ1) is 11.3. The van der Waals surface area contributed by atoms with Crippen molar-refractivity contribution in [1.82, 2.24) is 4.57 Å². The first-order valence-corrected chi connectivity index (χ1v) is 6.89. The second-order valence-electron chi connectivity index (χ2n) is 5.29. The third kappa shape index (κ3) is 2.14. The third-order valence-electron chi connectivity index (χ3n) is 3.82. The van der Waals surface area contributed by atoms with Crippen LogP contribution in [0.5, 0.6) is 0 Å². The fraction of sp³-hybridized carbons (Fsp3) is 0.429. The maximum atomic E-state index is 6.16. The Kier molecular flexibility index (Phi) is 2.56. The quantitative estimate of drug-likeness (QED) is 0.924. The highest BCUT2D eigenvalue weighted by Gasteiger charge is 2.37. The average Bonchev–Trinajstić information content (AvgIpc) is 2.94. The predicted octanol–water partition coefficient (Wildman–Crippen LogP) is 3.36. The highest BCUT2D eigenvalue weighted by atomic mass is 79.9. The van der Waals surface area contributed by atoms with E-state index in [4.69, 9.17) is 5.73 Å². The van der Waals surface area contributed by atoms with Gasteiger partial charge in [0.1, 0.15) is 0 Å². The van der Waals surface area contributed by atoms with Crippen molar-refractivity contribution in [2.75, 3.05) is 0 Å². The van der Waals surface area contributed by atoms with Crippen LogP contribution in [-0.4, -0.2) is 10.1 Å². The summed E-state index contributed by atoms with van der Waals surface area (Å²) in [6, 6.07) is 6.47. The summed E-state index contributed by atoms with van der Waals surface area (Å²) in [7, 11) is 2.11. The molecule has 0 aliphatic heterocycles. The van der Waals surface area contributed by atoms with Crippen LogP contribution in [0.3, 0.4) is 0 Å². The zero-order chi connectivity index (χ0) is 12.0. The standard InChI is InChI=1S/C14H17BrN2/c1-17-9-10(4-5-14(16)6-7-14)12-8-11(15)2-3-13(12)17/h2-3,8-9H,4-7,16H2,1H3. The summed E-state index contributed by atoms with van der Waals surface area (Å²) >= 11 is 3.54. The number of fused-ring (bicyclic) bond motifs is 1. The molecule has 0 unspecified atom stereocenters. The minimum absolute atomic E-state index is 0.147. The van der Waals surface area contributed by atoms with Crippen LogP contribution in [0.25, 0.3) is 10.9 Å². The topological polar surface area (TPSA) is 30.9 Å². The molecule has 1 aliphatic carbocycles. The van der Waals surface area contributed by atoms with Gasteiger partial charge in [0.25, 0.3) is 0 Å². The smallest absolute Gasteiger partial charge is 0.0481 e. The molecule has 1 aromatic carbocycles. The van der Waals surface area contributed by atoms with Crippen molar-refractivity contribution in [3.8, 4) is 0 Å². The zero-order valence-electron chi connectivity index (χ0n) is 10.0. The van der Waals surface area contributed by atoms with Crippen LogP contribution >= 0.6 is 15.9 Å². The molecule has 1 aliphatic rings. The maximum Gasteiger partial charge on any atom is 0.0481 e. The van der Waals surface area contributed by atoms with Gasteiger partial charge in [0.05, 0.1) is 0 Å². The van der Waals surface area contributed by atoms with Gasteiger partial charge in [-0.05, 0) is 49.4 Å². The summed E-state index contributed by atoms with van der Waals surface area (Å²) in [5.41, 5.74) is 9.02. The lowest BCUT2D eigenvalue weighted by Gasteiger charge is -2.06. The fourth-order valence-corrected chi connectivity index (χ4v) is 2.80. The van der Waals surface area contributed by atoms with Crippen LogP contribution in [0.15, 0.2) is 28.9 Å². The molecule has 0 bridgehead atoms. The summed E-state index contributed by atoms with van der Waals surface area (Å²) in [6.07, 6.45) is 6.83. The molecule has 90 valence electrons. The van der Waals surface area contributed by atoms with Crippen molar-refractivity contribution in [3.63, 3.8) is 0 Å². The Hall–Kier alpha value is -0.800. The van der Waals surface area contributed by atoms with Gasteiger partial charge in [-0.2, -0.15) is 0 Å². The number of aryl methyl sites for hydroxylation is 2. The summed E-state index contributed by atoms with van der Waals surface area (Å²) in [6.45, 7) is 0. The van der Waals surface area contributed by atoms with E-state index in [-0.39, 0.29) is 5.54 Å². The number of nitrogens with two attached hydrogens (primary N) is 1. The minimum Gasteiger partial charge on any atom is -0.350 e. The predicted molar refractivity (Wildman–Crippen MR) is 75.1 cm³/mol. The number of benzene rings is 1. The van der Waals surface area contributed by atoms with Gasteiger partial charge in [0.15, 0.2) is 0 Å². The third-order valence-corrected chi connectivity index (χ3v) is 4.31. The van der Waals surface area contributed by atoms with Crippen molar-refractivity contribution in [1.29, 1.82) is 0 Å². The molecule has 2 N–H and O–H groups in total. The van der Waals surface area contributed by atoms with E-state index in [0.29, 0.717) is 0 Å². The van der Waals surface area contributed by atoms with Gasteiger partial charge in [-0.25, -0.2) is 0 Å². The number of hydrogen-bond donors (Lipinski definition) is 1. The fourth-order valence-electron chi connectivity index (χ4n) is 2.44. The van der Waals surface area contributed by atoms with Gasteiger partial charge < -0.3 is 10.3 Å². The Morgan fingerprint density at radius 2 is 2.18 bits per heavy atom. The Bertz CT molecular complexity index is 567. The molecule has 2 aromatic rings. The van der Waals surface area contributed by atoms with E-state index >= 15 is 0 Å². The van der Waals surface area contributed by atoms with E-state index in [1.54, 1.807) is 0 Å². The highest BCUT2D eigenvalue weighted by molar-refractivity contribution is 9.10. The van der Waals surface area contributed by atoms with Crippen molar-refractivity contribution < 1.29 is 0 Å². The molecule has 1 aromatic heterocycles. The van der Waals surface area contributed by atoms with Crippen LogP contribution in [0.1, 0.15) is 24.8 Å². The Balaban J connectivity index is 1.95. The molecule has 0 saturated heterocycles. The van der Waals surface area contributed by atoms with E-state index in [1.807, 2.05) is 0 Å². The van der Waals surface area contributed by atoms with Crippen molar-refractivity contribution in [2.45, 2.75) is 31.2 Å². The molecule has 3 heteroatoms. The molecule has 1 heterocycles. The summed E-state index contributed by atoms with van der Waals surface area (Å²) in [4.78, 5) is 0. The van der Waals surface area contributed by atoms with E-state index in [2.05, 4.69) is 51.9 Å². The Morgan fingerprint density at radius 3 is 2.88 bits per heavy atom. The maximum absolute atomic E-state index is 6.16. The number of rotatable bonds is 3. The monoisotopic (exact) mass is 292 g/mol. The molecule has 1 saturated carbocycles. The average molecular weight is 293 g/mol. The molecule has 1 fully saturated rings. The second-order valence-corrected chi connectivity index (χ2v) is 6.20. The Morgan fingerprint density at radius 1 is 1.41 bits per heavy atom. The largest absolute Gasteiger partial charge is 0.350 e. The molecule has 2 nitrogen and oxygen atoms in total. The minimum atomic E-state index is 0.147. The molecule has 17 heavy (non-hydrogen) atoms. The number of halogens is 1. The van der Waals surface area contributed by atoms with Crippen LogP contribution in [-0.2, 0) is 13.5 Å².